The lowest BCUT2D eigenvalue weighted by Crippen LogP contribution is -2.07. The minimum absolute atomic E-state index is 0.556. The SMILES string of the molecule is c1ccc(-c2cccc(-c3nc(-c4ccccc4)nc(-n4c5ccccc5c5ccc6c7ccccc7n(-c7cccc(-c8ccccc8-c8ccccc8)c7)c6c54)n3)c2)cc1. The van der Waals surface area contributed by atoms with Crippen molar-refractivity contribution in [2.75, 3.05) is 0 Å². The third kappa shape index (κ3) is 5.90. The van der Waals surface area contributed by atoms with Crippen molar-refractivity contribution in [2.24, 2.45) is 0 Å². The summed E-state index contributed by atoms with van der Waals surface area (Å²) in [5, 5.41) is 4.58. The Morgan fingerprint density at radius 1 is 0.274 bits per heavy atom. The highest BCUT2D eigenvalue weighted by molar-refractivity contribution is 6.23. The van der Waals surface area contributed by atoms with E-state index in [0.29, 0.717) is 17.6 Å². The number of hydrogen-bond acceptors (Lipinski definition) is 3. The van der Waals surface area contributed by atoms with E-state index in [-0.39, 0.29) is 0 Å². The van der Waals surface area contributed by atoms with Crippen LogP contribution in [0, 0.1) is 0 Å². The Kier molecular flexibility index (Phi) is 8.42. The first kappa shape index (κ1) is 35.5. The summed E-state index contributed by atoms with van der Waals surface area (Å²) in [4.78, 5) is 15.9. The molecule has 3 aromatic heterocycles. The second-order valence-electron chi connectivity index (χ2n) is 15.6. The zero-order valence-corrected chi connectivity index (χ0v) is 33.6. The summed E-state index contributed by atoms with van der Waals surface area (Å²) < 4.78 is 4.69. The van der Waals surface area contributed by atoms with Gasteiger partial charge in [0.25, 0.3) is 0 Å². The molecule has 0 saturated carbocycles. The van der Waals surface area contributed by atoms with Gasteiger partial charge in [0.15, 0.2) is 11.6 Å². The highest BCUT2D eigenvalue weighted by Crippen LogP contribution is 2.42. The van der Waals surface area contributed by atoms with Crippen LogP contribution >= 0.6 is 0 Å². The van der Waals surface area contributed by atoms with Crippen LogP contribution in [0.1, 0.15) is 0 Å². The molecule has 12 aromatic rings. The van der Waals surface area contributed by atoms with Gasteiger partial charge in [-0.25, -0.2) is 4.98 Å². The van der Waals surface area contributed by atoms with Gasteiger partial charge in [-0.2, -0.15) is 9.97 Å². The minimum Gasteiger partial charge on any atom is -0.307 e. The lowest BCUT2D eigenvalue weighted by Gasteiger charge is -2.15. The number of rotatable bonds is 7. The smallest absolute Gasteiger partial charge is 0.238 e. The van der Waals surface area contributed by atoms with Crippen LogP contribution < -0.4 is 0 Å². The lowest BCUT2D eigenvalue weighted by atomic mass is 9.94. The summed E-state index contributed by atoms with van der Waals surface area (Å²) in [6.45, 7) is 0. The molecular formula is C57H37N5. The van der Waals surface area contributed by atoms with Crippen LogP contribution in [-0.2, 0) is 0 Å². The van der Waals surface area contributed by atoms with Gasteiger partial charge in [0.1, 0.15) is 0 Å². The third-order valence-corrected chi connectivity index (χ3v) is 12.0. The Bertz CT molecular complexity index is 3620. The Hall–Kier alpha value is -8.41. The molecule has 0 unspecified atom stereocenters. The Morgan fingerprint density at radius 3 is 1.42 bits per heavy atom. The molecule has 12 rings (SSSR count). The maximum atomic E-state index is 5.39. The fourth-order valence-corrected chi connectivity index (χ4v) is 9.17. The van der Waals surface area contributed by atoms with Crippen molar-refractivity contribution < 1.29 is 0 Å². The van der Waals surface area contributed by atoms with Crippen LogP contribution in [-0.4, -0.2) is 24.1 Å². The van der Waals surface area contributed by atoms with E-state index in [1.54, 1.807) is 0 Å². The Labute approximate surface area is 358 Å². The van der Waals surface area contributed by atoms with E-state index in [9.17, 15) is 0 Å². The maximum absolute atomic E-state index is 5.39. The van der Waals surface area contributed by atoms with E-state index < -0.39 is 0 Å². The number of nitrogens with zero attached hydrogens (tertiary/aromatic N) is 5. The van der Waals surface area contributed by atoms with Crippen molar-refractivity contribution in [3.63, 3.8) is 0 Å². The van der Waals surface area contributed by atoms with Gasteiger partial charge in [0.05, 0.1) is 22.1 Å². The average molecular weight is 792 g/mol. The molecule has 290 valence electrons. The Morgan fingerprint density at radius 2 is 0.742 bits per heavy atom. The van der Waals surface area contributed by atoms with Gasteiger partial charge in [0.2, 0.25) is 5.95 Å². The quantitative estimate of drug-likeness (QED) is 0.162. The topological polar surface area (TPSA) is 48.5 Å². The van der Waals surface area contributed by atoms with E-state index in [0.717, 1.165) is 71.7 Å². The molecule has 0 N–H and O–H groups in total. The fourth-order valence-electron chi connectivity index (χ4n) is 9.17. The highest BCUT2D eigenvalue weighted by Gasteiger charge is 2.24. The molecular weight excluding hydrogens is 755 g/mol. The van der Waals surface area contributed by atoms with Gasteiger partial charge in [-0.1, -0.05) is 194 Å². The van der Waals surface area contributed by atoms with E-state index in [1.807, 2.05) is 24.3 Å². The molecule has 9 aromatic carbocycles. The fraction of sp³-hybridized carbons (Fsp3) is 0. The van der Waals surface area contributed by atoms with Gasteiger partial charge in [-0.15, -0.1) is 0 Å². The summed E-state index contributed by atoms with van der Waals surface area (Å²) in [6, 6.07) is 79.3. The van der Waals surface area contributed by atoms with Crippen molar-refractivity contribution in [1.82, 2.24) is 24.1 Å². The van der Waals surface area contributed by atoms with E-state index in [1.165, 1.54) is 22.1 Å². The average Bonchev–Trinajstić information content (AvgIpc) is 3.88. The van der Waals surface area contributed by atoms with E-state index >= 15 is 0 Å². The standard InChI is InChI=1S/C57H37N5/c1-4-18-38(19-5-1)41-24-16-26-43(36-41)56-58-55(40-22-8-3-9-23-40)59-57(60-56)62-52-33-15-13-31-48(52)50-35-34-49-47-30-12-14-32-51(47)61(53(49)54(50)62)44-27-17-25-42(37-44)46-29-11-10-28-45(46)39-20-6-2-7-21-39/h1-37H. The third-order valence-electron chi connectivity index (χ3n) is 12.0. The first-order valence-electron chi connectivity index (χ1n) is 21.0. The van der Waals surface area contributed by atoms with Gasteiger partial charge < -0.3 is 4.57 Å². The molecule has 62 heavy (non-hydrogen) atoms. The first-order chi connectivity index (χ1) is 30.8. The monoisotopic (exact) mass is 791 g/mol. The Balaban J connectivity index is 1.15. The molecule has 0 fully saturated rings. The number of aromatic nitrogens is 5. The molecule has 0 bridgehead atoms. The van der Waals surface area contributed by atoms with E-state index in [2.05, 4.69) is 209 Å². The molecule has 0 spiro atoms. The molecule has 5 nitrogen and oxygen atoms in total. The first-order valence-corrected chi connectivity index (χ1v) is 21.0. The van der Waals surface area contributed by atoms with Gasteiger partial charge in [0, 0.05) is 38.4 Å². The molecule has 0 aliphatic heterocycles. The molecule has 0 radical (unpaired) electrons. The van der Waals surface area contributed by atoms with Crippen molar-refractivity contribution in [3.05, 3.63) is 224 Å². The molecule has 0 amide bonds. The number of para-hydroxylation sites is 2. The second-order valence-corrected chi connectivity index (χ2v) is 15.6. The van der Waals surface area contributed by atoms with Crippen LogP contribution in [0.15, 0.2) is 224 Å². The van der Waals surface area contributed by atoms with Crippen LogP contribution in [0.3, 0.4) is 0 Å². The normalized spacial score (nSPS) is 11.5. The zero-order chi connectivity index (χ0) is 41.0. The van der Waals surface area contributed by atoms with Crippen molar-refractivity contribution >= 4 is 43.6 Å². The number of hydrogen-bond donors (Lipinski definition) is 0. The van der Waals surface area contributed by atoms with Gasteiger partial charge in [-0.3, -0.25) is 4.57 Å². The van der Waals surface area contributed by atoms with Crippen LogP contribution in [0.2, 0.25) is 0 Å². The predicted molar refractivity (Wildman–Crippen MR) is 256 cm³/mol. The summed E-state index contributed by atoms with van der Waals surface area (Å²) >= 11 is 0. The van der Waals surface area contributed by atoms with Gasteiger partial charge in [-0.05, 0) is 63.7 Å². The largest absolute Gasteiger partial charge is 0.307 e. The van der Waals surface area contributed by atoms with Gasteiger partial charge >= 0.3 is 0 Å². The highest BCUT2D eigenvalue weighted by atomic mass is 15.2. The number of benzene rings is 9. The summed E-state index contributed by atoms with van der Waals surface area (Å²) in [6.07, 6.45) is 0. The molecule has 0 aliphatic carbocycles. The van der Waals surface area contributed by atoms with Crippen LogP contribution in [0.25, 0.3) is 111 Å². The number of fused-ring (bicyclic) bond motifs is 7. The van der Waals surface area contributed by atoms with Crippen molar-refractivity contribution in [2.45, 2.75) is 0 Å². The summed E-state index contributed by atoms with van der Waals surface area (Å²) in [5.41, 5.74) is 14.1. The van der Waals surface area contributed by atoms with Crippen LogP contribution in [0.5, 0.6) is 0 Å². The van der Waals surface area contributed by atoms with E-state index in [4.69, 9.17) is 15.0 Å². The minimum atomic E-state index is 0.556. The molecule has 0 saturated heterocycles. The van der Waals surface area contributed by atoms with Crippen LogP contribution in [0.4, 0.5) is 0 Å². The zero-order valence-electron chi connectivity index (χ0n) is 33.6. The second kappa shape index (κ2) is 14.7. The van der Waals surface area contributed by atoms with Crippen molar-refractivity contribution in [1.29, 1.82) is 0 Å². The molecule has 3 heterocycles. The predicted octanol–water partition coefficient (Wildman–Crippen LogP) is 14.4. The summed E-state index contributed by atoms with van der Waals surface area (Å²) in [7, 11) is 0. The summed E-state index contributed by atoms with van der Waals surface area (Å²) in [5.74, 6) is 1.77. The molecule has 0 aliphatic rings. The maximum Gasteiger partial charge on any atom is 0.238 e. The molecule has 5 heteroatoms. The lowest BCUT2D eigenvalue weighted by molar-refractivity contribution is 0.953. The molecule has 0 atom stereocenters. The van der Waals surface area contributed by atoms with Crippen molar-refractivity contribution in [3.8, 4) is 67.8 Å².